The van der Waals surface area contributed by atoms with E-state index in [-0.39, 0.29) is 5.69 Å². The van der Waals surface area contributed by atoms with Gasteiger partial charge in [-0.1, -0.05) is 0 Å². The molecule has 8 nitrogen and oxygen atoms in total. The zero-order chi connectivity index (χ0) is 16.3. The van der Waals surface area contributed by atoms with E-state index in [0.29, 0.717) is 22.9 Å². The second-order valence-electron chi connectivity index (χ2n) is 4.13. The van der Waals surface area contributed by atoms with Crippen LogP contribution in [0, 0.1) is 0 Å². The van der Waals surface area contributed by atoms with E-state index in [0.717, 1.165) is 0 Å². The zero-order valence-corrected chi connectivity index (χ0v) is 11.2. The highest BCUT2D eigenvalue weighted by Gasteiger charge is 2.06. The lowest BCUT2D eigenvalue weighted by molar-refractivity contribution is -0.312. The van der Waals surface area contributed by atoms with Gasteiger partial charge in [-0.2, -0.15) is 0 Å². The first-order chi connectivity index (χ1) is 10.4. The summed E-state index contributed by atoms with van der Waals surface area (Å²) >= 11 is 0. The van der Waals surface area contributed by atoms with Crippen molar-refractivity contribution in [1.82, 2.24) is 0 Å². The van der Waals surface area contributed by atoms with Gasteiger partial charge in [0.2, 0.25) is 0 Å². The van der Waals surface area contributed by atoms with Gasteiger partial charge in [-0.3, -0.25) is 0 Å². The number of fused-ring (bicyclic) bond motifs is 1. The van der Waals surface area contributed by atoms with Crippen LogP contribution in [-0.4, -0.2) is 19.0 Å². The SMILES string of the molecule is COc1ccc2oc(=O)c(NC=C(C(=O)[O-])C(=O)[O-])cc2c1. The van der Waals surface area contributed by atoms with E-state index in [1.54, 1.807) is 12.1 Å². The van der Waals surface area contributed by atoms with Gasteiger partial charge in [0.1, 0.15) is 17.0 Å². The molecule has 0 bridgehead atoms. The minimum atomic E-state index is -1.95. The summed E-state index contributed by atoms with van der Waals surface area (Å²) in [4.78, 5) is 32.9. The van der Waals surface area contributed by atoms with Gasteiger partial charge in [-0.15, -0.1) is 0 Å². The fraction of sp³-hybridized carbons (Fsp3) is 0.0714. The Balaban J connectivity index is 2.45. The lowest BCUT2D eigenvalue weighted by Gasteiger charge is -2.10. The van der Waals surface area contributed by atoms with Gasteiger partial charge >= 0.3 is 5.63 Å². The number of benzene rings is 1. The maximum Gasteiger partial charge on any atom is 0.360 e. The van der Waals surface area contributed by atoms with E-state index in [1.165, 1.54) is 19.2 Å². The lowest BCUT2D eigenvalue weighted by atomic mass is 10.2. The largest absolute Gasteiger partial charge is 0.545 e. The van der Waals surface area contributed by atoms with Crippen LogP contribution in [0.2, 0.25) is 0 Å². The fourth-order valence-corrected chi connectivity index (χ4v) is 1.68. The van der Waals surface area contributed by atoms with Crippen LogP contribution in [0.1, 0.15) is 0 Å². The van der Waals surface area contributed by atoms with Gasteiger partial charge in [0.25, 0.3) is 0 Å². The van der Waals surface area contributed by atoms with Crippen molar-refractivity contribution in [2.24, 2.45) is 0 Å². The normalized spacial score (nSPS) is 10.0. The monoisotopic (exact) mass is 303 g/mol. The average Bonchev–Trinajstić information content (AvgIpc) is 2.46. The molecule has 114 valence electrons. The average molecular weight is 303 g/mol. The minimum absolute atomic E-state index is 0.152. The van der Waals surface area contributed by atoms with Crippen LogP contribution in [0.25, 0.3) is 11.0 Å². The fourth-order valence-electron chi connectivity index (χ4n) is 1.68. The van der Waals surface area contributed by atoms with E-state index < -0.39 is 23.1 Å². The second-order valence-corrected chi connectivity index (χ2v) is 4.13. The van der Waals surface area contributed by atoms with Crippen molar-refractivity contribution in [2.75, 3.05) is 12.4 Å². The van der Waals surface area contributed by atoms with Crippen LogP contribution in [0.4, 0.5) is 5.69 Å². The number of methoxy groups -OCH3 is 1. The highest BCUT2D eigenvalue weighted by Crippen LogP contribution is 2.21. The molecule has 1 aromatic heterocycles. The molecule has 0 amide bonds. The van der Waals surface area contributed by atoms with Gasteiger partial charge in [0.05, 0.1) is 19.0 Å². The third-order valence-corrected chi connectivity index (χ3v) is 2.75. The molecule has 1 N–H and O–H groups in total. The van der Waals surface area contributed by atoms with Gasteiger partial charge in [-0.25, -0.2) is 4.79 Å². The molecule has 1 heterocycles. The summed E-state index contributed by atoms with van der Waals surface area (Å²) in [5, 5.41) is 23.9. The summed E-state index contributed by atoms with van der Waals surface area (Å²) in [7, 11) is 1.47. The predicted octanol–water partition coefficient (Wildman–Crippen LogP) is -1.40. The smallest absolute Gasteiger partial charge is 0.360 e. The Morgan fingerprint density at radius 1 is 1.23 bits per heavy atom. The van der Waals surface area contributed by atoms with Gasteiger partial charge < -0.3 is 34.3 Å². The van der Waals surface area contributed by atoms with Crippen LogP contribution in [0.15, 0.2) is 45.3 Å². The molecule has 0 atom stereocenters. The first-order valence-corrected chi connectivity index (χ1v) is 5.93. The molecule has 8 heteroatoms. The maximum absolute atomic E-state index is 11.7. The topological polar surface area (TPSA) is 132 Å². The van der Waals surface area contributed by atoms with Crippen LogP contribution < -0.4 is 25.9 Å². The number of carbonyl (C=O) groups excluding carboxylic acids is 2. The Kier molecular flexibility index (Phi) is 4.12. The summed E-state index contributed by atoms with van der Waals surface area (Å²) in [5.41, 5.74) is -1.80. The molecular weight excluding hydrogens is 294 g/mol. The number of carboxylic acids is 2. The second kappa shape index (κ2) is 6.00. The van der Waals surface area contributed by atoms with Gasteiger partial charge in [0, 0.05) is 17.2 Å². The number of rotatable bonds is 5. The summed E-state index contributed by atoms with van der Waals surface area (Å²) in [6.45, 7) is 0. The number of carboxylic acid groups (broad SMARTS) is 2. The molecule has 22 heavy (non-hydrogen) atoms. The first kappa shape index (κ1) is 15.1. The molecule has 0 unspecified atom stereocenters. The molecule has 2 rings (SSSR count). The third-order valence-electron chi connectivity index (χ3n) is 2.75. The van der Waals surface area contributed by atoms with Crippen LogP contribution in [0.5, 0.6) is 5.75 Å². The van der Waals surface area contributed by atoms with Gasteiger partial charge in [-0.05, 0) is 24.3 Å². The molecule has 0 aliphatic rings. The van der Waals surface area contributed by atoms with Crippen LogP contribution >= 0.6 is 0 Å². The number of anilines is 1. The third kappa shape index (κ3) is 3.06. The van der Waals surface area contributed by atoms with E-state index in [4.69, 9.17) is 9.15 Å². The van der Waals surface area contributed by atoms with Crippen molar-refractivity contribution in [3.8, 4) is 5.75 Å². The zero-order valence-electron chi connectivity index (χ0n) is 11.2. The number of nitrogens with one attached hydrogen (secondary N) is 1. The quantitative estimate of drug-likeness (QED) is 0.308. The molecule has 2 aromatic rings. The standard InChI is InChI=1S/C14H11NO7/c1-21-8-2-3-11-7(4-8)5-10(14(20)22-11)15-6-9(12(16)17)13(18)19/h2-6,15H,1H3,(H,16,17)(H,18,19)/p-2. The molecule has 0 spiro atoms. The van der Waals surface area contributed by atoms with E-state index in [1.807, 2.05) is 0 Å². The summed E-state index contributed by atoms with van der Waals surface area (Å²) in [6, 6.07) is 6.08. The Morgan fingerprint density at radius 2 is 1.91 bits per heavy atom. The minimum Gasteiger partial charge on any atom is -0.545 e. The number of aliphatic carboxylic acids is 2. The van der Waals surface area contributed by atoms with Crippen LogP contribution in [-0.2, 0) is 9.59 Å². The highest BCUT2D eigenvalue weighted by molar-refractivity contribution is 6.10. The number of hydrogen-bond donors (Lipinski definition) is 1. The molecule has 0 saturated heterocycles. The van der Waals surface area contributed by atoms with Crippen molar-refractivity contribution in [3.63, 3.8) is 0 Å². The lowest BCUT2D eigenvalue weighted by Crippen LogP contribution is -2.36. The molecule has 0 aliphatic heterocycles. The molecular formula is C14H9NO7-2. The molecule has 0 radical (unpaired) electrons. The Morgan fingerprint density at radius 3 is 2.50 bits per heavy atom. The van der Waals surface area contributed by atoms with Gasteiger partial charge in [0.15, 0.2) is 0 Å². The van der Waals surface area contributed by atoms with E-state index in [2.05, 4.69) is 5.32 Å². The molecule has 1 aromatic carbocycles. The molecule has 0 fully saturated rings. The predicted molar refractivity (Wildman–Crippen MR) is 70.8 cm³/mol. The summed E-state index contributed by atoms with van der Waals surface area (Å²) < 4.78 is 10.0. The summed E-state index contributed by atoms with van der Waals surface area (Å²) in [5.74, 6) is -3.37. The number of hydrogen-bond acceptors (Lipinski definition) is 8. The number of carbonyl (C=O) groups is 2. The molecule has 0 aliphatic carbocycles. The van der Waals surface area contributed by atoms with Crippen LogP contribution in [0.3, 0.4) is 0 Å². The van der Waals surface area contributed by atoms with Crippen molar-refractivity contribution >= 4 is 28.6 Å². The molecule has 0 saturated carbocycles. The Bertz CT molecular complexity index is 819. The van der Waals surface area contributed by atoms with Crippen molar-refractivity contribution in [1.29, 1.82) is 0 Å². The maximum atomic E-state index is 11.7. The Labute approximate surface area is 123 Å². The van der Waals surface area contributed by atoms with Crippen molar-refractivity contribution in [2.45, 2.75) is 0 Å². The summed E-state index contributed by atoms with van der Waals surface area (Å²) in [6.07, 6.45) is 0.586. The van der Waals surface area contributed by atoms with E-state index in [9.17, 15) is 24.6 Å². The van der Waals surface area contributed by atoms with Crippen molar-refractivity contribution in [3.05, 3.63) is 46.5 Å². The first-order valence-electron chi connectivity index (χ1n) is 5.93. The Hall–Kier alpha value is -3.29. The number of ether oxygens (including phenoxy) is 1. The van der Waals surface area contributed by atoms with E-state index >= 15 is 0 Å². The van der Waals surface area contributed by atoms with Crippen molar-refractivity contribution < 1.29 is 29.0 Å². The highest BCUT2D eigenvalue weighted by atomic mass is 16.5.